The molecule has 0 saturated carbocycles. The van der Waals surface area contributed by atoms with E-state index in [0.29, 0.717) is 24.7 Å². The Bertz CT molecular complexity index is 355. The minimum absolute atomic E-state index is 0.0879. The highest BCUT2D eigenvalue weighted by Gasteiger charge is 2.12. The molecule has 1 N–H and O–H groups in total. The van der Waals surface area contributed by atoms with Gasteiger partial charge in [0.05, 0.1) is 6.54 Å². The summed E-state index contributed by atoms with van der Waals surface area (Å²) in [5.41, 5.74) is 0.982. The van der Waals surface area contributed by atoms with Crippen LogP contribution in [-0.2, 0) is 11.3 Å². The Kier molecular flexibility index (Phi) is 5.29. The Hall–Kier alpha value is -1.06. The second-order valence-electron chi connectivity index (χ2n) is 3.53. The zero-order chi connectivity index (χ0) is 12.0. The first kappa shape index (κ1) is 13.0. The summed E-state index contributed by atoms with van der Waals surface area (Å²) in [5.74, 6) is 0.0879. The van der Waals surface area contributed by atoms with Gasteiger partial charge >= 0.3 is 0 Å². The standard InChI is InChI=1S/C12H17ClN2O/c1-3-15(12(16)8-14-2)9-10-6-4-5-7-11(10)13/h4-7,14H,3,8-9H2,1-2H3. The molecule has 1 aromatic carbocycles. The van der Waals surface area contributed by atoms with E-state index in [1.807, 2.05) is 31.2 Å². The predicted molar refractivity (Wildman–Crippen MR) is 66.5 cm³/mol. The molecule has 1 aromatic rings. The van der Waals surface area contributed by atoms with Gasteiger partial charge in [0, 0.05) is 18.1 Å². The Labute approximate surface area is 101 Å². The summed E-state index contributed by atoms with van der Waals surface area (Å²) in [6, 6.07) is 7.60. The molecule has 3 nitrogen and oxygen atoms in total. The number of carbonyl (C=O) groups is 1. The zero-order valence-corrected chi connectivity index (χ0v) is 10.4. The smallest absolute Gasteiger partial charge is 0.236 e. The summed E-state index contributed by atoms with van der Waals surface area (Å²) < 4.78 is 0. The Morgan fingerprint density at radius 1 is 1.44 bits per heavy atom. The van der Waals surface area contributed by atoms with Crippen LogP contribution in [0.25, 0.3) is 0 Å². The van der Waals surface area contributed by atoms with Gasteiger partial charge in [-0.25, -0.2) is 0 Å². The van der Waals surface area contributed by atoms with Gasteiger partial charge in [0.2, 0.25) is 5.91 Å². The molecular formula is C12H17ClN2O. The van der Waals surface area contributed by atoms with Gasteiger partial charge < -0.3 is 10.2 Å². The van der Waals surface area contributed by atoms with E-state index in [9.17, 15) is 4.79 Å². The topological polar surface area (TPSA) is 32.3 Å². The van der Waals surface area contributed by atoms with Gasteiger partial charge in [-0.15, -0.1) is 0 Å². The van der Waals surface area contributed by atoms with Gasteiger partial charge in [-0.2, -0.15) is 0 Å². The fourth-order valence-electron chi connectivity index (χ4n) is 1.47. The number of hydrogen-bond donors (Lipinski definition) is 1. The van der Waals surface area contributed by atoms with Gasteiger partial charge in [-0.05, 0) is 25.6 Å². The van der Waals surface area contributed by atoms with E-state index in [1.54, 1.807) is 11.9 Å². The van der Waals surface area contributed by atoms with E-state index < -0.39 is 0 Å². The molecule has 0 saturated heterocycles. The first-order chi connectivity index (χ1) is 7.69. The van der Waals surface area contributed by atoms with Crippen molar-refractivity contribution in [3.63, 3.8) is 0 Å². The maximum Gasteiger partial charge on any atom is 0.236 e. The van der Waals surface area contributed by atoms with Crippen LogP contribution in [0.2, 0.25) is 5.02 Å². The SMILES string of the molecule is CCN(Cc1ccccc1Cl)C(=O)CNC. The lowest BCUT2D eigenvalue weighted by Gasteiger charge is -2.21. The molecule has 0 heterocycles. The summed E-state index contributed by atoms with van der Waals surface area (Å²) in [6.07, 6.45) is 0. The molecule has 0 radical (unpaired) electrons. The number of nitrogens with one attached hydrogen (secondary N) is 1. The van der Waals surface area contributed by atoms with Crippen molar-refractivity contribution in [3.05, 3.63) is 34.9 Å². The van der Waals surface area contributed by atoms with Crippen molar-refractivity contribution >= 4 is 17.5 Å². The molecule has 0 fully saturated rings. The number of rotatable bonds is 5. The van der Waals surface area contributed by atoms with Crippen LogP contribution in [0.4, 0.5) is 0 Å². The average molecular weight is 241 g/mol. The van der Waals surface area contributed by atoms with E-state index in [-0.39, 0.29) is 5.91 Å². The predicted octanol–water partition coefficient (Wildman–Crippen LogP) is 1.91. The number of likely N-dealkylation sites (N-methyl/N-ethyl adjacent to an activating group) is 2. The number of benzene rings is 1. The molecule has 88 valence electrons. The third-order valence-electron chi connectivity index (χ3n) is 2.38. The quantitative estimate of drug-likeness (QED) is 0.853. The highest BCUT2D eigenvalue weighted by Crippen LogP contribution is 2.16. The molecular weight excluding hydrogens is 224 g/mol. The second-order valence-corrected chi connectivity index (χ2v) is 3.94. The van der Waals surface area contributed by atoms with E-state index in [4.69, 9.17) is 11.6 Å². The summed E-state index contributed by atoms with van der Waals surface area (Å²) in [7, 11) is 1.77. The van der Waals surface area contributed by atoms with Crippen molar-refractivity contribution in [2.75, 3.05) is 20.1 Å². The summed E-state index contributed by atoms with van der Waals surface area (Å²) in [4.78, 5) is 13.5. The van der Waals surface area contributed by atoms with Crippen LogP contribution in [0, 0.1) is 0 Å². The van der Waals surface area contributed by atoms with Crippen molar-refractivity contribution in [1.29, 1.82) is 0 Å². The molecule has 0 unspecified atom stereocenters. The number of halogens is 1. The first-order valence-corrected chi connectivity index (χ1v) is 5.72. The third kappa shape index (κ3) is 3.51. The van der Waals surface area contributed by atoms with Crippen molar-refractivity contribution in [2.24, 2.45) is 0 Å². The van der Waals surface area contributed by atoms with E-state index >= 15 is 0 Å². The minimum Gasteiger partial charge on any atom is -0.337 e. The van der Waals surface area contributed by atoms with Crippen LogP contribution in [0.15, 0.2) is 24.3 Å². The van der Waals surface area contributed by atoms with Gasteiger partial charge in [-0.3, -0.25) is 4.79 Å². The lowest BCUT2D eigenvalue weighted by atomic mass is 10.2. The lowest BCUT2D eigenvalue weighted by Crippen LogP contribution is -2.36. The summed E-state index contributed by atoms with van der Waals surface area (Å²) in [5, 5.41) is 3.57. The molecule has 0 atom stereocenters. The lowest BCUT2D eigenvalue weighted by molar-refractivity contribution is -0.130. The van der Waals surface area contributed by atoms with Crippen molar-refractivity contribution in [1.82, 2.24) is 10.2 Å². The van der Waals surface area contributed by atoms with Crippen LogP contribution in [-0.4, -0.2) is 30.9 Å². The molecule has 0 spiro atoms. The van der Waals surface area contributed by atoms with Crippen LogP contribution in [0.3, 0.4) is 0 Å². The molecule has 0 aliphatic rings. The van der Waals surface area contributed by atoms with Gasteiger partial charge in [0.25, 0.3) is 0 Å². The molecule has 0 aromatic heterocycles. The van der Waals surface area contributed by atoms with Gasteiger partial charge in [0.1, 0.15) is 0 Å². The van der Waals surface area contributed by atoms with E-state index in [1.165, 1.54) is 0 Å². The molecule has 4 heteroatoms. The van der Waals surface area contributed by atoms with Gasteiger partial charge in [0.15, 0.2) is 0 Å². The number of nitrogens with zero attached hydrogens (tertiary/aromatic N) is 1. The van der Waals surface area contributed by atoms with Crippen molar-refractivity contribution < 1.29 is 4.79 Å². The Morgan fingerprint density at radius 3 is 2.69 bits per heavy atom. The molecule has 1 rings (SSSR count). The average Bonchev–Trinajstić information content (AvgIpc) is 2.28. The maximum absolute atomic E-state index is 11.7. The Balaban J connectivity index is 2.70. The fourth-order valence-corrected chi connectivity index (χ4v) is 1.67. The number of carbonyl (C=O) groups excluding carboxylic acids is 1. The summed E-state index contributed by atoms with van der Waals surface area (Å²) >= 11 is 6.05. The van der Waals surface area contributed by atoms with Gasteiger partial charge in [-0.1, -0.05) is 29.8 Å². The molecule has 1 amide bonds. The maximum atomic E-state index is 11.7. The number of amides is 1. The largest absolute Gasteiger partial charge is 0.337 e. The van der Waals surface area contributed by atoms with Crippen LogP contribution < -0.4 is 5.32 Å². The highest BCUT2D eigenvalue weighted by atomic mass is 35.5. The highest BCUT2D eigenvalue weighted by molar-refractivity contribution is 6.31. The summed E-state index contributed by atoms with van der Waals surface area (Å²) in [6.45, 7) is 3.57. The Morgan fingerprint density at radius 2 is 2.12 bits per heavy atom. The van der Waals surface area contributed by atoms with Crippen LogP contribution >= 0.6 is 11.6 Å². The zero-order valence-electron chi connectivity index (χ0n) is 9.66. The second kappa shape index (κ2) is 6.51. The molecule has 0 aliphatic carbocycles. The van der Waals surface area contributed by atoms with E-state index in [2.05, 4.69) is 5.32 Å². The van der Waals surface area contributed by atoms with Crippen molar-refractivity contribution in [2.45, 2.75) is 13.5 Å². The molecule has 0 bridgehead atoms. The van der Waals surface area contributed by atoms with Crippen LogP contribution in [0.1, 0.15) is 12.5 Å². The molecule has 0 aliphatic heterocycles. The molecule has 16 heavy (non-hydrogen) atoms. The third-order valence-corrected chi connectivity index (χ3v) is 2.75. The van der Waals surface area contributed by atoms with Crippen LogP contribution in [0.5, 0.6) is 0 Å². The van der Waals surface area contributed by atoms with Crippen molar-refractivity contribution in [3.8, 4) is 0 Å². The van der Waals surface area contributed by atoms with E-state index in [0.717, 1.165) is 5.56 Å². The first-order valence-electron chi connectivity index (χ1n) is 5.34. The number of hydrogen-bond acceptors (Lipinski definition) is 2. The monoisotopic (exact) mass is 240 g/mol. The fraction of sp³-hybridized carbons (Fsp3) is 0.417. The minimum atomic E-state index is 0.0879. The normalized spacial score (nSPS) is 10.2.